The number of amides is 2. The highest BCUT2D eigenvalue weighted by atomic mass is 35.5. The SMILES string of the molecule is Cc1ccc(NC(=O)CN(c2ccc(F)c(Cl)c2)S(=O)(=O)c2ccccc2)cc1N1CCCC1=O. The van der Waals surface area contributed by atoms with Gasteiger partial charge in [0, 0.05) is 24.3 Å². The van der Waals surface area contributed by atoms with Crippen molar-refractivity contribution >= 4 is 50.5 Å². The monoisotopic (exact) mass is 515 g/mol. The summed E-state index contributed by atoms with van der Waals surface area (Å²) >= 11 is 5.90. The number of hydrogen-bond donors (Lipinski definition) is 1. The Labute approximate surface area is 208 Å². The minimum atomic E-state index is -4.17. The molecule has 1 N–H and O–H groups in total. The highest BCUT2D eigenvalue weighted by Crippen LogP contribution is 2.30. The highest BCUT2D eigenvalue weighted by Gasteiger charge is 2.28. The lowest BCUT2D eigenvalue weighted by atomic mass is 10.1. The van der Waals surface area contributed by atoms with Crippen molar-refractivity contribution < 1.29 is 22.4 Å². The summed E-state index contributed by atoms with van der Waals surface area (Å²) in [5, 5.41) is 2.44. The zero-order chi connectivity index (χ0) is 25.2. The Morgan fingerprint density at radius 1 is 1.11 bits per heavy atom. The van der Waals surface area contributed by atoms with E-state index in [-0.39, 0.29) is 21.5 Å². The molecule has 7 nitrogen and oxygen atoms in total. The van der Waals surface area contributed by atoms with Crippen molar-refractivity contribution in [2.75, 3.05) is 27.6 Å². The van der Waals surface area contributed by atoms with E-state index in [1.54, 1.807) is 41.3 Å². The Hall–Kier alpha value is -3.43. The van der Waals surface area contributed by atoms with Crippen LogP contribution in [0.3, 0.4) is 0 Å². The summed E-state index contributed by atoms with van der Waals surface area (Å²) in [6.45, 7) is 1.90. The molecule has 10 heteroatoms. The van der Waals surface area contributed by atoms with Gasteiger partial charge in [-0.1, -0.05) is 35.9 Å². The normalized spacial score (nSPS) is 13.7. The van der Waals surface area contributed by atoms with Crippen LogP contribution in [-0.4, -0.2) is 33.3 Å². The molecule has 0 spiro atoms. The number of hydrogen-bond acceptors (Lipinski definition) is 4. The fraction of sp³-hybridized carbons (Fsp3) is 0.200. The fourth-order valence-corrected chi connectivity index (χ4v) is 5.50. The lowest BCUT2D eigenvalue weighted by Crippen LogP contribution is -2.38. The van der Waals surface area contributed by atoms with E-state index in [1.165, 1.54) is 18.2 Å². The molecule has 1 aliphatic rings. The Bertz CT molecular complexity index is 1380. The van der Waals surface area contributed by atoms with Crippen LogP contribution in [0.5, 0.6) is 0 Å². The first kappa shape index (κ1) is 24.7. The van der Waals surface area contributed by atoms with E-state index < -0.39 is 28.3 Å². The van der Waals surface area contributed by atoms with Gasteiger partial charge in [0.1, 0.15) is 12.4 Å². The number of anilines is 3. The summed E-state index contributed by atoms with van der Waals surface area (Å²) < 4.78 is 41.4. The third-order valence-corrected chi connectivity index (χ3v) is 7.74. The predicted octanol–water partition coefficient (Wildman–Crippen LogP) is 4.75. The van der Waals surface area contributed by atoms with Crippen LogP contribution in [0.2, 0.25) is 5.02 Å². The van der Waals surface area contributed by atoms with Crippen molar-refractivity contribution in [1.82, 2.24) is 0 Å². The number of carbonyl (C=O) groups excluding carboxylic acids is 2. The summed E-state index contributed by atoms with van der Waals surface area (Å²) in [5.41, 5.74) is 2.05. The molecular weight excluding hydrogens is 493 g/mol. The second-order valence-corrected chi connectivity index (χ2v) is 10.4. The molecule has 1 fully saturated rings. The molecule has 1 saturated heterocycles. The van der Waals surface area contributed by atoms with E-state index in [2.05, 4.69) is 5.32 Å². The number of aryl methyl sites for hydroxylation is 1. The number of nitrogens with zero attached hydrogens (tertiary/aromatic N) is 2. The van der Waals surface area contributed by atoms with E-state index in [4.69, 9.17) is 11.6 Å². The number of benzene rings is 3. The van der Waals surface area contributed by atoms with Gasteiger partial charge in [-0.05, 0) is 61.4 Å². The molecule has 2 amide bonds. The van der Waals surface area contributed by atoms with Gasteiger partial charge in [0.25, 0.3) is 10.0 Å². The van der Waals surface area contributed by atoms with Crippen LogP contribution in [0, 0.1) is 12.7 Å². The third-order valence-electron chi connectivity index (χ3n) is 5.67. The van der Waals surface area contributed by atoms with Crippen LogP contribution < -0.4 is 14.5 Å². The van der Waals surface area contributed by atoms with Gasteiger partial charge < -0.3 is 10.2 Å². The molecule has 0 radical (unpaired) electrons. The smallest absolute Gasteiger partial charge is 0.264 e. The molecule has 1 heterocycles. The summed E-state index contributed by atoms with van der Waals surface area (Å²) in [6.07, 6.45) is 1.24. The number of halogens is 2. The zero-order valence-electron chi connectivity index (χ0n) is 18.9. The summed E-state index contributed by atoms with van der Waals surface area (Å²) in [5.74, 6) is -1.31. The number of carbonyl (C=O) groups is 2. The van der Waals surface area contributed by atoms with Crippen LogP contribution in [0.4, 0.5) is 21.5 Å². The summed E-state index contributed by atoms with van der Waals surface area (Å²) in [4.78, 5) is 26.8. The topological polar surface area (TPSA) is 86.8 Å². The molecule has 35 heavy (non-hydrogen) atoms. The largest absolute Gasteiger partial charge is 0.324 e. The Balaban J connectivity index is 1.63. The second kappa shape index (κ2) is 10.1. The molecule has 3 aromatic carbocycles. The first-order chi connectivity index (χ1) is 16.7. The van der Waals surface area contributed by atoms with E-state index in [0.717, 1.165) is 28.4 Å². The van der Waals surface area contributed by atoms with Crippen LogP contribution >= 0.6 is 11.6 Å². The molecule has 0 atom stereocenters. The molecule has 1 aliphatic heterocycles. The van der Waals surface area contributed by atoms with Crippen molar-refractivity contribution in [3.63, 3.8) is 0 Å². The maximum atomic E-state index is 13.8. The van der Waals surface area contributed by atoms with Crippen molar-refractivity contribution in [3.8, 4) is 0 Å². The van der Waals surface area contributed by atoms with Crippen molar-refractivity contribution in [2.45, 2.75) is 24.7 Å². The Morgan fingerprint density at radius 3 is 2.51 bits per heavy atom. The molecule has 0 bridgehead atoms. The number of nitrogens with one attached hydrogen (secondary N) is 1. The maximum Gasteiger partial charge on any atom is 0.264 e. The van der Waals surface area contributed by atoms with E-state index in [9.17, 15) is 22.4 Å². The third kappa shape index (κ3) is 5.31. The minimum Gasteiger partial charge on any atom is -0.324 e. The molecule has 3 aromatic rings. The van der Waals surface area contributed by atoms with Gasteiger partial charge >= 0.3 is 0 Å². The van der Waals surface area contributed by atoms with E-state index >= 15 is 0 Å². The summed E-state index contributed by atoms with van der Waals surface area (Å²) in [7, 11) is -4.17. The molecular formula is C25H23ClFN3O4S. The van der Waals surface area contributed by atoms with Gasteiger partial charge in [0.2, 0.25) is 11.8 Å². The van der Waals surface area contributed by atoms with Gasteiger partial charge in [-0.2, -0.15) is 0 Å². The molecule has 182 valence electrons. The zero-order valence-corrected chi connectivity index (χ0v) is 20.4. The second-order valence-electron chi connectivity index (χ2n) is 8.12. The summed E-state index contributed by atoms with van der Waals surface area (Å²) in [6, 6.07) is 16.2. The van der Waals surface area contributed by atoms with Gasteiger partial charge in [-0.25, -0.2) is 12.8 Å². The average Bonchev–Trinajstić information content (AvgIpc) is 3.26. The molecule has 0 aromatic heterocycles. The average molecular weight is 516 g/mol. The van der Waals surface area contributed by atoms with E-state index in [0.29, 0.717) is 24.3 Å². The van der Waals surface area contributed by atoms with Crippen molar-refractivity contribution in [1.29, 1.82) is 0 Å². The van der Waals surface area contributed by atoms with Gasteiger partial charge in [0.05, 0.1) is 15.6 Å². The van der Waals surface area contributed by atoms with Gasteiger partial charge in [0.15, 0.2) is 0 Å². The predicted molar refractivity (Wildman–Crippen MR) is 134 cm³/mol. The minimum absolute atomic E-state index is 0.0184. The molecule has 0 unspecified atom stereocenters. The Morgan fingerprint density at radius 2 is 1.86 bits per heavy atom. The quantitative estimate of drug-likeness (QED) is 0.492. The lowest BCUT2D eigenvalue weighted by Gasteiger charge is -2.24. The number of sulfonamides is 1. The fourth-order valence-electron chi connectivity index (χ4n) is 3.89. The molecule has 4 rings (SSSR count). The maximum absolute atomic E-state index is 13.8. The van der Waals surface area contributed by atoms with Crippen LogP contribution in [-0.2, 0) is 19.6 Å². The van der Waals surface area contributed by atoms with Crippen LogP contribution in [0.25, 0.3) is 0 Å². The highest BCUT2D eigenvalue weighted by molar-refractivity contribution is 7.92. The first-order valence-electron chi connectivity index (χ1n) is 10.9. The Kier molecular flexibility index (Phi) is 7.09. The van der Waals surface area contributed by atoms with Crippen molar-refractivity contribution in [3.05, 3.63) is 83.1 Å². The van der Waals surface area contributed by atoms with E-state index in [1.807, 2.05) is 6.92 Å². The molecule has 0 saturated carbocycles. The number of rotatable bonds is 7. The van der Waals surface area contributed by atoms with Crippen LogP contribution in [0.15, 0.2) is 71.6 Å². The van der Waals surface area contributed by atoms with Crippen LogP contribution in [0.1, 0.15) is 18.4 Å². The molecule has 0 aliphatic carbocycles. The lowest BCUT2D eigenvalue weighted by molar-refractivity contribution is -0.117. The van der Waals surface area contributed by atoms with Gasteiger partial charge in [-0.15, -0.1) is 0 Å². The first-order valence-corrected chi connectivity index (χ1v) is 12.7. The van der Waals surface area contributed by atoms with Gasteiger partial charge in [-0.3, -0.25) is 13.9 Å². The van der Waals surface area contributed by atoms with Crippen molar-refractivity contribution in [2.24, 2.45) is 0 Å². The standard InChI is InChI=1S/C25H23ClFN3O4S/c1-17-9-10-18(14-23(17)29-13-5-8-25(29)32)28-24(31)16-30(19-11-12-22(27)21(26)15-19)35(33,34)20-6-3-2-4-7-20/h2-4,6-7,9-12,14-15H,5,8,13,16H2,1H3,(H,28,31).